The second kappa shape index (κ2) is 13.4. The molecule has 1 aromatic heterocycles. The van der Waals surface area contributed by atoms with E-state index in [-0.39, 0.29) is 5.56 Å². The Morgan fingerprint density at radius 3 is 2.69 bits per heavy atom. The quantitative estimate of drug-likeness (QED) is 0.255. The van der Waals surface area contributed by atoms with Crippen LogP contribution in [0.15, 0.2) is 80.7 Å². The number of nitrogens with zero attached hydrogens (tertiary/aromatic N) is 1. The lowest BCUT2D eigenvalue weighted by atomic mass is 9.96. The molecule has 3 aromatic rings. The van der Waals surface area contributed by atoms with Gasteiger partial charge in [-0.25, -0.2) is 0 Å². The van der Waals surface area contributed by atoms with Gasteiger partial charge in [-0.3, -0.25) is 9.36 Å². The average molecular weight is 574 g/mol. The van der Waals surface area contributed by atoms with Crippen LogP contribution in [0.2, 0.25) is 0 Å². The third kappa shape index (κ3) is 6.75. The zero-order valence-corrected chi connectivity index (χ0v) is 25.8. The Labute approximate surface area is 245 Å². The summed E-state index contributed by atoms with van der Waals surface area (Å²) in [6.07, 6.45) is 15.0. The first-order valence-corrected chi connectivity index (χ1v) is 16.9. The molecule has 39 heavy (non-hydrogen) atoms. The molecule has 2 unspecified atom stereocenters. The van der Waals surface area contributed by atoms with E-state index in [0.717, 1.165) is 34.9 Å². The number of fused-ring (bicyclic) bond motifs is 1. The lowest BCUT2D eigenvalue weighted by Gasteiger charge is -2.14. The monoisotopic (exact) mass is 573 g/mol. The maximum absolute atomic E-state index is 13.8. The van der Waals surface area contributed by atoms with Gasteiger partial charge in [0, 0.05) is 21.3 Å². The number of unbranched alkanes of at least 4 members (excludes halogenated alkanes) is 1. The predicted octanol–water partition coefficient (Wildman–Crippen LogP) is 8.07. The summed E-state index contributed by atoms with van der Waals surface area (Å²) in [6.45, 7) is 7.26. The third-order valence-electron chi connectivity index (χ3n) is 7.85. The summed E-state index contributed by atoms with van der Waals surface area (Å²) >= 11 is 5.33. The van der Waals surface area contributed by atoms with Crippen molar-refractivity contribution in [2.75, 3.05) is 0 Å². The Bertz CT molecular complexity index is 1530. The van der Waals surface area contributed by atoms with E-state index in [9.17, 15) is 4.79 Å². The molecule has 2 nitrogen and oxygen atoms in total. The number of aryl methyl sites for hydroxylation is 3. The van der Waals surface area contributed by atoms with Crippen LogP contribution in [0.3, 0.4) is 0 Å². The van der Waals surface area contributed by atoms with E-state index in [2.05, 4.69) is 92.9 Å². The molecule has 5 rings (SSSR count). The van der Waals surface area contributed by atoms with Crippen molar-refractivity contribution in [3.05, 3.63) is 107 Å². The molecule has 204 valence electrons. The van der Waals surface area contributed by atoms with Gasteiger partial charge < -0.3 is 0 Å². The van der Waals surface area contributed by atoms with E-state index in [1.54, 1.807) is 23.1 Å². The van der Waals surface area contributed by atoms with Gasteiger partial charge in [0.15, 0.2) is 0 Å². The lowest BCUT2D eigenvalue weighted by Crippen LogP contribution is -2.32. The maximum atomic E-state index is 13.8. The van der Waals surface area contributed by atoms with Crippen LogP contribution < -0.4 is 14.8 Å². The first-order valence-electron chi connectivity index (χ1n) is 14.4. The van der Waals surface area contributed by atoms with E-state index in [1.807, 2.05) is 16.3 Å². The molecule has 3 heterocycles. The van der Waals surface area contributed by atoms with Gasteiger partial charge in [-0.2, -0.15) is 0 Å². The fraction of sp³-hybridized carbons (Fsp3) is 0.382. The Morgan fingerprint density at radius 2 is 1.90 bits per heavy atom. The van der Waals surface area contributed by atoms with Crippen LogP contribution in [0.25, 0.3) is 11.0 Å². The van der Waals surface area contributed by atoms with Crippen LogP contribution in [-0.2, 0) is 19.4 Å². The molecular formula is C34H39NOS3. The summed E-state index contributed by atoms with van der Waals surface area (Å²) in [7, 11) is 0. The smallest absolute Gasteiger partial charge is 0.269 e. The molecular weight excluding hydrogens is 535 g/mol. The second-order valence-electron chi connectivity index (χ2n) is 10.5. The van der Waals surface area contributed by atoms with Crippen LogP contribution in [0.5, 0.6) is 0 Å². The molecule has 5 heteroatoms. The maximum Gasteiger partial charge on any atom is 0.269 e. The number of rotatable bonds is 8. The average Bonchev–Trinajstić information content (AvgIpc) is 3.13. The molecule has 0 fully saturated rings. The normalized spacial score (nSPS) is 21.0. The SMILES string of the molecule is CCC1CCc2cccc(C)c2SC1=c1sc(=CC2=CC(CCCCc3ccccc3)C=CS2)n(CC)c1=O. The van der Waals surface area contributed by atoms with Gasteiger partial charge in [-0.15, -0.1) is 11.3 Å². The topological polar surface area (TPSA) is 22.0 Å². The molecule has 2 aliphatic heterocycles. The van der Waals surface area contributed by atoms with Crippen LogP contribution in [0.1, 0.15) is 62.6 Å². The second-order valence-corrected chi connectivity index (χ2v) is 13.6. The Morgan fingerprint density at radius 1 is 1.05 bits per heavy atom. The molecule has 0 spiro atoms. The van der Waals surface area contributed by atoms with Crippen molar-refractivity contribution in [1.82, 2.24) is 4.57 Å². The number of hydrogen-bond donors (Lipinski definition) is 0. The largest absolute Gasteiger partial charge is 0.299 e. The van der Waals surface area contributed by atoms with Crippen molar-refractivity contribution < 1.29 is 0 Å². The number of allylic oxidation sites excluding steroid dienone is 3. The van der Waals surface area contributed by atoms with Gasteiger partial charge in [0.2, 0.25) is 0 Å². The van der Waals surface area contributed by atoms with E-state index in [0.29, 0.717) is 18.4 Å². The highest BCUT2D eigenvalue weighted by molar-refractivity contribution is 8.08. The Hall–Kier alpha value is -2.21. The zero-order valence-electron chi connectivity index (χ0n) is 23.3. The molecule has 2 aliphatic rings. The van der Waals surface area contributed by atoms with Gasteiger partial charge in [-0.1, -0.05) is 97.6 Å². The van der Waals surface area contributed by atoms with E-state index >= 15 is 0 Å². The van der Waals surface area contributed by atoms with Gasteiger partial charge in [-0.05, 0) is 92.4 Å². The molecule has 0 radical (unpaired) electrons. The third-order valence-corrected chi connectivity index (χ3v) is 11.5. The first kappa shape index (κ1) is 28.3. The molecule has 2 aromatic carbocycles. The van der Waals surface area contributed by atoms with Crippen molar-refractivity contribution in [2.45, 2.75) is 77.2 Å². The number of benzene rings is 2. The Kier molecular flexibility index (Phi) is 9.75. The molecule has 0 amide bonds. The minimum absolute atomic E-state index is 0.182. The summed E-state index contributed by atoms with van der Waals surface area (Å²) in [4.78, 5) is 17.7. The minimum atomic E-state index is 0.182. The van der Waals surface area contributed by atoms with Crippen LogP contribution >= 0.6 is 34.9 Å². The summed E-state index contributed by atoms with van der Waals surface area (Å²) in [5, 5.41) is 2.24. The van der Waals surface area contributed by atoms with Crippen molar-refractivity contribution in [3.8, 4) is 0 Å². The molecule has 0 bridgehead atoms. The number of aromatic nitrogens is 1. The van der Waals surface area contributed by atoms with Gasteiger partial charge in [0.1, 0.15) is 4.53 Å². The van der Waals surface area contributed by atoms with Crippen molar-refractivity contribution in [3.63, 3.8) is 0 Å². The zero-order chi connectivity index (χ0) is 27.2. The highest BCUT2D eigenvalue weighted by Gasteiger charge is 2.24. The fourth-order valence-corrected chi connectivity index (χ4v) is 9.34. The van der Waals surface area contributed by atoms with Crippen LogP contribution in [0.4, 0.5) is 0 Å². The summed E-state index contributed by atoms with van der Waals surface area (Å²) < 4.78 is 4.01. The number of thioether (sulfide) groups is 2. The van der Waals surface area contributed by atoms with E-state index in [4.69, 9.17) is 0 Å². The van der Waals surface area contributed by atoms with Crippen molar-refractivity contribution >= 4 is 45.8 Å². The molecule has 0 saturated carbocycles. The number of hydrogen-bond acceptors (Lipinski definition) is 4. The fourth-order valence-electron chi connectivity index (χ4n) is 5.58. The molecule has 0 N–H and O–H groups in total. The summed E-state index contributed by atoms with van der Waals surface area (Å²) in [6, 6.07) is 17.4. The molecule has 2 atom stereocenters. The summed E-state index contributed by atoms with van der Waals surface area (Å²) in [5.41, 5.74) is 4.35. The van der Waals surface area contributed by atoms with Crippen molar-refractivity contribution in [2.24, 2.45) is 11.8 Å². The minimum Gasteiger partial charge on any atom is -0.299 e. The summed E-state index contributed by atoms with van der Waals surface area (Å²) in [5.74, 6) is 0.892. The molecule has 0 saturated heterocycles. The van der Waals surface area contributed by atoms with Gasteiger partial charge >= 0.3 is 0 Å². The van der Waals surface area contributed by atoms with Crippen molar-refractivity contribution in [1.29, 1.82) is 0 Å². The van der Waals surface area contributed by atoms with Gasteiger partial charge in [0.25, 0.3) is 5.56 Å². The van der Waals surface area contributed by atoms with Gasteiger partial charge in [0.05, 0.1) is 4.66 Å². The standard InChI is InChI=1S/C34H39NOS3/c1-4-27-18-19-28-17-11-12-24(3)31(28)39-32(27)33-34(36)35(5-2)30(38-33)23-29-22-26(20-21-37-29)16-10-9-15-25-13-7-6-8-14-25/h6-8,11-14,17,20-23,26-27H,4-5,9-10,15-16,18-19H2,1-3H3. The highest BCUT2D eigenvalue weighted by atomic mass is 32.2. The highest BCUT2D eigenvalue weighted by Crippen LogP contribution is 2.43. The lowest BCUT2D eigenvalue weighted by molar-refractivity contribution is 0.596. The van der Waals surface area contributed by atoms with Crippen LogP contribution in [-0.4, -0.2) is 4.57 Å². The molecule has 0 aliphatic carbocycles. The van der Waals surface area contributed by atoms with Crippen LogP contribution in [0, 0.1) is 18.8 Å². The first-order chi connectivity index (χ1) is 19.1. The predicted molar refractivity (Wildman–Crippen MR) is 173 cm³/mol. The van der Waals surface area contributed by atoms with E-state index < -0.39 is 0 Å². The van der Waals surface area contributed by atoms with E-state index in [1.165, 1.54) is 50.7 Å². The Balaban J connectivity index is 1.42. The number of thiazole rings is 1.